The highest BCUT2D eigenvalue weighted by Crippen LogP contribution is 2.38. The van der Waals surface area contributed by atoms with Gasteiger partial charge in [0.15, 0.2) is 0 Å². The van der Waals surface area contributed by atoms with Gasteiger partial charge < -0.3 is 10.2 Å². The monoisotopic (exact) mass is 489 g/mol. The van der Waals surface area contributed by atoms with Crippen LogP contribution in [0.3, 0.4) is 0 Å². The molecule has 0 aromatic heterocycles. The van der Waals surface area contributed by atoms with Gasteiger partial charge in [-0.15, -0.1) is 0 Å². The highest BCUT2D eigenvalue weighted by atomic mass is 35.5. The van der Waals surface area contributed by atoms with Gasteiger partial charge in [-0.3, -0.25) is 9.59 Å². The second kappa shape index (κ2) is 9.08. The highest BCUT2D eigenvalue weighted by molar-refractivity contribution is 7.89. The van der Waals surface area contributed by atoms with Crippen molar-refractivity contribution in [1.29, 1.82) is 0 Å². The van der Waals surface area contributed by atoms with Crippen molar-refractivity contribution in [2.75, 3.05) is 23.8 Å². The molecule has 0 bridgehead atoms. The van der Waals surface area contributed by atoms with Crippen molar-refractivity contribution in [3.05, 3.63) is 52.5 Å². The van der Waals surface area contributed by atoms with E-state index in [-0.39, 0.29) is 29.3 Å². The second-order valence-corrected chi connectivity index (χ2v) is 11.4. The first kappa shape index (κ1) is 23.7. The first-order valence-electron chi connectivity index (χ1n) is 11.1. The van der Waals surface area contributed by atoms with Gasteiger partial charge in [-0.05, 0) is 74.6 Å². The number of benzene rings is 2. The predicted octanol–water partition coefficient (Wildman–Crippen LogP) is 3.99. The highest BCUT2D eigenvalue weighted by Gasteiger charge is 2.37. The summed E-state index contributed by atoms with van der Waals surface area (Å²) in [5, 5.41) is 3.20. The van der Waals surface area contributed by atoms with Crippen molar-refractivity contribution >= 4 is 44.8 Å². The van der Waals surface area contributed by atoms with Crippen LogP contribution in [0.4, 0.5) is 11.4 Å². The molecule has 0 radical (unpaired) electrons. The Morgan fingerprint density at radius 1 is 1.18 bits per heavy atom. The summed E-state index contributed by atoms with van der Waals surface area (Å²) < 4.78 is 27.3. The fraction of sp³-hybridized carbons (Fsp3) is 0.417. The molecular formula is C24H28ClN3O4S. The van der Waals surface area contributed by atoms with Crippen molar-refractivity contribution < 1.29 is 18.0 Å². The van der Waals surface area contributed by atoms with Crippen LogP contribution in [0, 0.1) is 12.8 Å². The molecule has 4 rings (SSSR count). The van der Waals surface area contributed by atoms with Gasteiger partial charge in [0.05, 0.1) is 11.4 Å². The number of halogens is 1. The van der Waals surface area contributed by atoms with Gasteiger partial charge in [0.1, 0.15) is 0 Å². The molecule has 9 heteroatoms. The van der Waals surface area contributed by atoms with E-state index < -0.39 is 15.9 Å². The zero-order chi connectivity index (χ0) is 23.9. The standard InChI is InChI=1S/C24H28ClN3O4S/c1-15-7-8-19(25)13-21(15)26-23(29)14-27(3)33(31,32)20-9-10-22-18(12-20)11-16(2)28(22)24(30)17-5-4-6-17/h7-10,12-13,16-17H,4-6,11,14H2,1-3H3,(H,26,29)/t16-/m1/s1. The molecule has 33 heavy (non-hydrogen) atoms. The molecule has 0 unspecified atom stereocenters. The summed E-state index contributed by atoms with van der Waals surface area (Å²) in [7, 11) is -2.51. The zero-order valence-corrected chi connectivity index (χ0v) is 20.5. The van der Waals surface area contributed by atoms with Crippen molar-refractivity contribution in [1.82, 2.24) is 4.31 Å². The van der Waals surface area contributed by atoms with Crippen LogP contribution in [0.1, 0.15) is 37.3 Å². The molecule has 2 amide bonds. The Labute approximate surface area is 199 Å². The molecule has 2 aromatic carbocycles. The molecule has 1 N–H and O–H groups in total. The summed E-state index contributed by atoms with van der Waals surface area (Å²) in [6.45, 7) is 3.48. The maximum absolute atomic E-state index is 13.1. The van der Waals surface area contributed by atoms with E-state index in [1.165, 1.54) is 13.1 Å². The third-order valence-corrected chi connectivity index (χ3v) is 8.54. The van der Waals surface area contributed by atoms with Gasteiger partial charge in [0.2, 0.25) is 21.8 Å². The third kappa shape index (κ3) is 4.65. The fourth-order valence-electron chi connectivity index (χ4n) is 4.34. The summed E-state index contributed by atoms with van der Waals surface area (Å²) in [6.07, 6.45) is 3.53. The van der Waals surface area contributed by atoms with Crippen LogP contribution < -0.4 is 10.2 Å². The molecule has 1 aliphatic carbocycles. The van der Waals surface area contributed by atoms with E-state index in [0.29, 0.717) is 17.1 Å². The molecular weight excluding hydrogens is 462 g/mol. The SMILES string of the molecule is Cc1ccc(Cl)cc1NC(=O)CN(C)S(=O)(=O)c1ccc2c(c1)C[C@@H](C)N2C(=O)C1CCC1. The van der Waals surface area contributed by atoms with Gasteiger partial charge >= 0.3 is 0 Å². The number of carbonyl (C=O) groups excluding carboxylic acids is 2. The average molecular weight is 490 g/mol. The number of nitrogens with one attached hydrogen (secondary N) is 1. The van der Waals surface area contributed by atoms with Crippen LogP contribution in [0.15, 0.2) is 41.3 Å². The normalized spacial score (nSPS) is 18.2. The fourth-order valence-corrected chi connectivity index (χ4v) is 5.69. The van der Waals surface area contributed by atoms with Crippen LogP contribution in [-0.4, -0.2) is 44.2 Å². The predicted molar refractivity (Wildman–Crippen MR) is 129 cm³/mol. The summed E-state index contributed by atoms with van der Waals surface area (Å²) >= 11 is 5.99. The lowest BCUT2D eigenvalue weighted by Gasteiger charge is -2.32. The van der Waals surface area contributed by atoms with Gasteiger partial charge in [0.25, 0.3) is 0 Å². The van der Waals surface area contributed by atoms with Crippen LogP contribution in [0.25, 0.3) is 0 Å². The molecule has 7 nitrogen and oxygen atoms in total. The van der Waals surface area contributed by atoms with E-state index in [9.17, 15) is 18.0 Å². The first-order valence-corrected chi connectivity index (χ1v) is 12.9. The Balaban J connectivity index is 1.49. The molecule has 2 aliphatic rings. The zero-order valence-electron chi connectivity index (χ0n) is 19.0. The summed E-state index contributed by atoms with van der Waals surface area (Å²) in [6, 6.07) is 9.98. The lowest BCUT2D eigenvalue weighted by molar-refractivity contribution is -0.125. The Hall–Kier alpha value is -2.42. The summed E-state index contributed by atoms with van der Waals surface area (Å²) in [5.41, 5.74) is 2.99. The quantitative estimate of drug-likeness (QED) is 0.664. The topological polar surface area (TPSA) is 86.8 Å². The lowest BCUT2D eigenvalue weighted by Crippen LogP contribution is -2.42. The maximum Gasteiger partial charge on any atom is 0.243 e. The molecule has 0 spiro atoms. The van der Waals surface area contributed by atoms with E-state index in [2.05, 4.69) is 5.32 Å². The number of carbonyl (C=O) groups is 2. The molecule has 1 saturated carbocycles. The van der Waals surface area contributed by atoms with Crippen molar-refractivity contribution in [2.45, 2.75) is 50.5 Å². The molecule has 1 atom stereocenters. The van der Waals surface area contributed by atoms with E-state index in [0.717, 1.165) is 40.4 Å². The number of hydrogen-bond acceptors (Lipinski definition) is 4. The van der Waals surface area contributed by atoms with Crippen LogP contribution in [0.2, 0.25) is 5.02 Å². The number of likely N-dealkylation sites (N-methyl/N-ethyl adjacent to an activating group) is 1. The molecule has 1 fully saturated rings. The van der Waals surface area contributed by atoms with E-state index in [4.69, 9.17) is 11.6 Å². The average Bonchev–Trinajstić information content (AvgIpc) is 3.04. The van der Waals surface area contributed by atoms with E-state index in [1.807, 2.05) is 18.7 Å². The van der Waals surface area contributed by atoms with Gasteiger partial charge in [0, 0.05) is 35.4 Å². The third-order valence-electron chi connectivity index (χ3n) is 6.51. The Bertz CT molecular complexity index is 1210. The first-order chi connectivity index (χ1) is 15.6. The van der Waals surface area contributed by atoms with Crippen LogP contribution >= 0.6 is 11.6 Å². The summed E-state index contributed by atoms with van der Waals surface area (Å²) in [4.78, 5) is 27.3. The Morgan fingerprint density at radius 2 is 1.91 bits per heavy atom. The number of hydrogen-bond donors (Lipinski definition) is 1. The van der Waals surface area contributed by atoms with E-state index in [1.54, 1.807) is 30.3 Å². The van der Waals surface area contributed by atoms with Gasteiger partial charge in [-0.2, -0.15) is 4.31 Å². The Kier molecular flexibility index (Phi) is 6.53. The molecule has 0 saturated heterocycles. The maximum atomic E-state index is 13.1. The number of aryl methyl sites for hydroxylation is 1. The lowest BCUT2D eigenvalue weighted by atomic mass is 9.84. The number of amides is 2. The minimum absolute atomic E-state index is 0.00417. The van der Waals surface area contributed by atoms with Crippen molar-refractivity contribution in [2.24, 2.45) is 5.92 Å². The number of fused-ring (bicyclic) bond motifs is 1. The second-order valence-electron chi connectivity index (χ2n) is 8.95. The number of nitrogens with zero attached hydrogens (tertiary/aromatic N) is 2. The van der Waals surface area contributed by atoms with Gasteiger partial charge in [-0.25, -0.2) is 8.42 Å². The van der Waals surface area contributed by atoms with Crippen molar-refractivity contribution in [3.8, 4) is 0 Å². The minimum Gasteiger partial charge on any atom is -0.325 e. The molecule has 1 heterocycles. The minimum atomic E-state index is -3.89. The number of rotatable bonds is 6. The smallest absolute Gasteiger partial charge is 0.243 e. The summed E-state index contributed by atoms with van der Waals surface area (Å²) in [5.74, 6) is -0.249. The molecule has 2 aromatic rings. The van der Waals surface area contributed by atoms with Crippen LogP contribution in [-0.2, 0) is 26.0 Å². The Morgan fingerprint density at radius 3 is 2.58 bits per heavy atom. The van der Waals surface area contributed by atoms with Crippen LogP contribution in [0.5, 0.6) is 0 Å². The van der Waals surface area contributed by atoms with Gasteiger partial charge in [-0.1, -0.05) is 24.1 Å². The molecule has 176 valence electrons. The number of anilines is 2. The molecule has 1 aliphatic heterocycles. The largest absolute Gasteiger partial charge is 0.325 e. The van der Waals surface area contributed by atoms with E-state index >= 15 is 0 Å². The van der Waals surface area contributed by atoms with Crippen molar-refractivity contribution in [3.63, 3.8) is 0 Å². The number of sulfonamides is 1.